The van der Waals surface area contributed by atoms with Crippen molar-refractivity contribution in [3.8, 4) is 23.7 Å². The largest absolute Gasteiger partial charge is 0.374 e. The number of hydrogen-bond acceptors (Lipinski definition) is 10. The molecule has 9 aromatic carbocycles. The van der Waals surface area contributed by atoms with Crippen LogP contribution in [-0.4, -0.2) is 74.3 Å². The van der Waals surface area contributed by atoms with Gasteiger partial charge in [0.2, 0.25) is 0 Å². The Hall–Kier alpha value is -8.30. The zero-order valence-electron chi connectivity index (χ0n) is 49.3. The molecule has 2 fully saturated rings. The summed E-state index contributed by atoms with van der Waals surface area (Å²) in [7, 11) is 0. The molecule has 0 radical (unpaired) electrons. The van der Waals surface area contributed by atoms with Gasteiger partial charge in [0.15, 0.2) is 0 Å². The maximum absolute atomic E-state index is 7.07. The van der Waals surface area contributed by atoms with E-state index in [1.165, 1.54) is 0 Å². The van der Waals surface area contributed by atoms with Gasteiger partial charge in [-0.1, -0.05) is 266 Å². The lowest BCUT2D eigenvalue weighted by Gasteiger charge is -2.45. The predicted octanol–water partition coefficient (Wildman–Crippen LogP) is 13.9. The van der Waals surface area contributed by atoms with Gasteiger partial charge >= 0.3 is 0 Å². The Morgan fingerprint density at radius 3 is 0.705 bits per heavy atom. The van der Waals surface area contributed by atoms with Crippen LogP contribution in [0.15, 0.2) is 267 Å². The molecule has 10 nitrogen and oxygen atoms in total. The number of rotatable bonds is 26. The minimum atomic E-state index is -0.746. The Kier molecular flexibility index (Phi) is 23.1. The van der Waals surface area contributed by atoms with Crippen LogP contribution < -0.4 is 0 Å². The Morgan fingerprint density at radius 2 is 0.455 bits per heavy atom. The molecule has 0 amide bonds. The molecule has 0 aromatic heterocycles. The fraction of sp³-hybridized carbons (Fsp3) is 0.256. The highest BCUT2D eigenvalue weighted by Crippen LogP contribution is 2.33. The van der Waals surface area contributed by atoms with E-state index >= 15 is 0 Å². The van der Waals surface area contributed by atoms with E-state index in [2.05, 4.69) is 96.5 Å². The van der Waals surface area contributed by atoms with Crippen molar-refractivity contribution in [1.82, 2.24) is 0 Å². The van der Waals surface area contributed by atoms with Gasteiger partial charge in [0.25, 0.3) is 0 Å². The Morgan fingerprint density at radius 1 is 0.239 bits per heavy atom. The minimum Gasteiger partial charge on any atom is -0.374 e. The lowest BCUT2D eigenvalue weighted by Crippen LogP contribution is -2.60. The zero-order valence-corrected chi connectivity index (χ0v) is 49.3. The van der Waals surface area contributed by atoms with Gasteiger partial charge in [-0.15, -0.1) is 0 Å². The molecule has 0 bridgehead atoms. The molecule has 2 heterocycles. The Bertz CT molecular complexity index is 3310. The summed E-state index contributed by atoms with van der Waals surface area (Å²) in [5.74, 6) is 13.9. The van der Waals surface area contributed by atoms with E-state index in [1.54, 1.807) is 0 Å². The van der Waals surface area contributed by atoms with Gasteiger partial charge in [0, 0.05) is 11.1 Å². The van der Waals surface area contributed by atoms with Crippen LogP contribution in [0.3, 0.4) is 0 Å². The highest BCUT2D eigenvalue weighted by molar-refractivity contribution is 5.43. The van der Waals surface area contributed by atoms with Crippen LogP contribution in [-0.2, 0) is 100 Å². The van der Waals surface area contributed by atoms with Crippen molar-refractivity contribution in [1.29, 1.82) is 0 Å². The number of hydrogen-bond donors (Lipinski definition) is 0. The molecule has 446 valence electrons. The quantitative estimate of drug-likeness (QED) is 0.0488. The topological polar surface area (TPSA) is 92.3 Å². The number of benzene rings is 9. The molecule has 2 aliphatic rings. The SMILES string of the molecule is C(#C[C@H]1O[C@H](COCc2ccccc2)[C@@H](OCc2ccccc2)[C@H](OCc2ccccc2)[C@@H]1OCc1ccccc1)c1ccc(C#C[C@H]2O[C@H](COCc3ccccc3)[C@@H](OCc3ccccc3)[C@H](OCc3ccccc3)[C@@H]2OCc2ccccc2)cc1. The smallest absolute Gasteiger partial charge is 0.147 e. The molecule has 11 rings (SSSR count). The van der Waals surface area contributed by atoms with Gasteiger partial charge in [-0.3, -0.25) is 0 Å². The van der Waals surface area contributed by atoms with Crippen molar-refractivity contribution >= 4 is 0 Å². The van der Waals surface area contributed by atoms with E-state index < -0.39 is 61.0 Å². The van der Waals surface area contributed by atoms with Gasteiger partial charge in [-0.05, 0) is 68.8 Å². The van der Waals surface area contributed by atoms with Gasteiger partial charge in [0.1, 0.15) is 61.0 Å². The second-order valence-electron chi connectivity index (χ2n) is 21.9. The Labute approximate surface area is 518 Å². The van der Waals surface area contributed by atoms with Crippen LogP contribution in [0.5, 0.6) is 0 Å². The van der Waals surface area contributed by atoms with E-state index in [-0.39, 0.29) is 13.2 Å². The van der Waals surface area contributed by atoms with Crippen LogP contribution in [0.2, 0.25) is 0 Å². The first kappa shape index (κ1) is 61.4. The molecule has 0 unspecified atom stereocenters. The summed E-state index contributed by atoms with van der Waals surface area (Å²) < 4.78 is 68.7. The molecule has 0 saturated carbocycles. The van der Waals surface area contributed by atoms with Crippen LogP contribution in [0.1, 0.15) is 55.6 Å². The molecule has 0 N–H and O–H groups in total. The lowest BCUT2D eigenvalue weighted by molar-refractivity contribution is -0.261. The van der Waals surface area contributed by atoms with Crippen molar-refractivity contribution in [3.05, 3.63) is 323 Å². The van der Waals surface area contributed by atoms with E-state index in [0.29, 0.717) is 52.9 Å². The molecule has 0 aliphatic carbocycles. The van der Waals surface area contributed by atoms with Crippen LogP contribution >= 0.6 is 0 Å². The van der Waals surface area contributed by atoms with Gasteiger partial charge < -0.3 is 47.4 Å². The second kappa shape index (κ2) is 33.2. The molecule has 9 aromatic rings. The summed E-state index contributed by atoms with van der Waals surface area (Å²) in [6, 6.07) is 88.9. The average molecular weight is 1170 g/mol. The molecular weight excluding hydrogens is 1100 g/mol. The first-order valence-electron chi connectivity index (χ1n) is 30.2. The van der Waals surface area contributed by atoms with E-state index in [1.807, 2.05) is 194 Å². The molecule has 10 heteroatoms. The lowest BCUT2D eigenvalue weighted by atomic mass is 9.93. The van der Waals surface area contributed by atoms with Crippen LogP contribution in [0.25, 0.3) is 0 Å². The fourth-order valence-corrected chi connectivity index (χ4v) is 10.8. The van der Waals surface area contributed by atoms with Crippen molar-refractivity contribution in [2.24, 2.45) is 0 Å². The van der Waals surface area contributed by atoms with Crippen LogP contribution in [0.4, 0.5) is 0 Å². The standard InChI is InChI=1S/C78H74O10/c1-9-25-61(26-10-1)49-79-57-71-75(83-53-65-33-17-5-18-34-65)77(85-55-67-37-21-7-22-38-67)73(81-51-63-29-13-3-14-30-63)69(87-71)47-45-59-41-43-60(44-42-59)46-48-70-74(82-52-64-31-15-4-16-32-64)78(86-56-68-39-23-8-24-40-68)76(84-54-66-35-19-6-20-36-66)72(88-70)58-80-50-62-27-11-2-12-28-62/h1-44,69-78H,49-58H2/t69-,70-,71-,72-,73-,74-,75-,76-,77-,78-/m1/s1. The monoisotopic (exact) mass is 1170 g/mol. The third-order valence-corrected chi connectivity index (χ3v) is 15.4. The molecule has 88 heavy (non-hydrogen) atoms. The summed E-state index contributed by atoms with van der Waals surface area (Å²) in [4.78, 5) is 0. The third kappa shape index (κ3) is 18.4. The fourth-order valence-electron chi connectivity index (χ4n) is 10.8. The van der Waals surface area contributed by atoms with Gasteiger partial charge in [-0.25, -0.2) is 0 Å². The average Bonchev–Trinajstić information content (AvgIpc) is 2.37. The number of ether oxygens (including phenoxy) is 10. The molecule has 0 spiro atoms. The predicted molar refractivity (Wildman–Crippen MR) is 340 cm³/mol. The van der Waals surface area contributed by atoms with E-state index in [4.69, 9.17) is 47.4 Å². The summed E-state index contributed by atoms with van der Waals surface area (Å²) in [6.07, 6.45) is -6.40. The molecule has 2 aliphatic heterocycles. The van der Waals surface area contributed by atoms with Crippen molar-refractivity contribution < 1.29 is 47.4 Å². The van der Waals surface area contributed by atoms with Gasteiger partial charge in [0.05, 0.1) is 66.1 Å². The highest BCUT2D eigenvalue weighted by Gasteiger charge is 2.49. The van der Waals surface area contributed by atoms with Crippen molar-refractivity contribution in [2.45, 2.75) is 114 Å². The van der Waals surface area contributed by atoms with Gasteiger partial charge in [-0.2, -0.15) is 0 Å². The zero-order chi connectivity index (χ0) is 59.6. The summed E-state index contributed by atoms with van der Waals surface area (Å²) in [5.41, 5.74) is 9.73. The summed E-state index contributed by atoms with van der Waals surface area (Å²) in [6.45, 7) is 3.14. The normalized spacial score (nSPS) is 21.5. The van der Waals surface area contributed by atoms with E-state index in [0.717, 1.165) is 55.6 Å². The summed E-state index contributed by atoms with van der Waals surface area (Å²) in [5, 5.41) is 0. The molecule has 2 saturated heterocycles. The first-order valence-corrected chi connectivity index (χ1v) is 30.2. The Balaban J connectivity index is 0.894. The first-order chi connectivity index (χ1) is 43.6. The van der Waals surface area contributed by atoms with E-state index in [9.17, 15) is 0 Å². The van der Waals surface area contributed by atoms with Crippen molar-refractivity contribution in [3.63, 3.8) is 0 Å². The maximum atomic E-state index is 7.07. The van der Waals surface area contributed by atoms with Crippen molar-refractivity contribution in [2.75, 3.05) is 13.2 Å². The summed E-state index contributed by atoms with van der Waals surface area (Å²) >= 11 is 0. The third-order valence-electron chi connectivity index (χ3n) is 15.4. The minimum absolute atomic E-state index is 0.224. The maximum Gasteiger partial charge on any atom is 0.147 e. The molecular formula is C78H74O10. The molecule has 10 atom stereocenters. The van der Waals surface area contributed by atoms with Crippen LogP contribution in [0, 0.1) is 23.7 Å². The second-order valence-corrected chi connectivity index (χ2v) is 21.9. The highest BCUT2D eigenvalue weighted by atomic mass is 16.6.